The second kappa shape index (κ2) is 14.4. The molecule has 0 amide bonds. The van der Waals surface area contributed by atoms with Crippen LogP contribution in [0.3, 0.4) is 0 Å². The molecule has 0 atom stereocenters. The van der Waals surface area contributed by atoms with Crippen molar-refractivity contribution >= 4 is 7.82 Å². The monoisotopic (exact) mass is 318 g/mol. The first kappa shape index (κ1) is 20.4. The molecule has 0 radical (unpaired) electrons. The van der Waals surface area contributed by atoms with Crippen LogP contribution in [0, 0.1) is 0 Å². The molecule has 21 heavy (non-hydrogen) atoms. The lowest BCUT2D eigenvalue weighted by molar-refractivity contribution is 0.258. The molecular weight excluding hydrogens is 287 g/mol. The van der Waals surface area contributed by atoms with Crippen molar-refractivity contribution in [2.45, 2.75) is 77.0 Å². The maximum absolute atomic E-state index is 10.4. The van der Waals surface area contributed by atoms with Gasteiger partial charge >= 0.3 is 7.82 Å². The van der Waals surface area contributed by atoms with Crippen LogP contribution in [-0.4, -0.2) is 9.79 Å². The van der Waals surface area contributed by atoms with Crippen molar-refractivity contribution in [3.8, 4) is 0 Å². The van der Waals surface area contributed by atoms with Gasteiger partial charge in [0.25, 0.3) is 0 Å². The van der Waals surface area contributed by atoms with E-state index < -0.39 is 7.82 Å². The number of rotatable bonds is 15. The summed E-state index contributed by atoms with van der Waals surface area (Å²) >= 11 is 0. The number of allylic oxidation sites excluding steroid dienone is 2. The zero-order chi connectivity index (χ0) is 15.8. The molecule has 0 unspecified atom stereocenters. The SMILES string of the molecule is C=CCCCCCCCCCCCC/C=C/OP(=O)(O)O. The molecule has 0 aliphatic heterocycles. The van der Waals surface area contributed by atoms with Crippen LogP contribution in [0.25, 0.3) is 0 Å². The summed E-state index contributed by atoms with van der Waals surface area (Å²) < 4.78 is 14.6. The largest absolute Gasteiger partial charge is 0.524 e. The summed E-state index contributed by atoms with van der Waals surface area (Å²) in [7, 11) is -4.34. The Labute approximate surface area is 129 Å². The molecule has 0 aromatic heterocycles. The number of phosphoric acid groups is 1. The third-order valence-corrected chi connectivity index (χ3v) is 3.72. The third kappa shape index (κ3) is 19.4. The Morgan fingerprint density at radius 3 is 1.67 bits per heavy atom. The molecule has 0 fully saturated rings. The van der Waals surface area contributed by atoms with E-state index in [1.54, 1.807) is 6.08 Å². The van der Waals surface area contributed by atoms with Crippen LogP contribution in [-0.2, 0) is 9.09 Å². The Kier molecular flexibility index (Phi) is 14.0. The molecule has 0 heterocycles. The first-order valence-electron chi connectivity index (χ1n) is 8.06. The molecule has 0 saturated heterocycles. The molecule has 2 N–H and O–H groups in total. The summed E-state index contributed by atoms with van der Waals surface area (Å²) in [5, 5.41) is 0. The summed E-state index contributed by atoms with van der Waals surface area (Å²) in [6, 6.07) is 0. The van der Waals surface area contributed by atoms with Crippen LogP contribution >= 0.6 is 7.82 Å². The van der Waals surface area contributed by atoms with Crippen LogP contribution in [0.1, 0.15) is 77.0 Å². The van der Waals surface area contributed by atoms with E-state index in [0.29, 0.717) is 0 Å². The first-order valence-corrected chi connectivity index (χ1v) is 9.59. The van der Waals surface area contributed by atoms with Crippen molar-refractivity contribution in [1.29, 1.82) is 0 Å². The van der Waals surface area contributed by atoms with Gasteiger partial charge in [0, 0.05) is 0 Å². The minimum absolute atomic E-state index is 0.809. The number of hydrogen-bond acceptors (Lipinski definition) is 2. The molecule has 0 aliphatic rings. The van der Waals surface area contributed by atoms with Gasteiger partial charge in [-0.3, -0.25) is 9.79 Å². The van der Waals surface area contributed by atoms with Crippen molar-refractivity contribution in [2.24, 2.45) is 0 Å². The van der Waals surface area contributed by atoms with E-state index in [4.69, 9.17) is 9.79 Å². The van der Waals surface area contributed by atoms with Gasteiger partial charge in [-0.25, -0.2) is 4.57 Å². The Morgan fingerprint density at radius 2 is 1.24 bits per heavy atom. The maximum atomic E-state index is 10.4. The van der Waals surface area contributed by atoms with Gasteiger partial charge in [-0.05, 0) is 31.8 Å². The van der Waals surface area contributed by atoms with Gasteiger partial charge in [0.15, 0.2) is 0 Å². The Bertz CT molecular complexity index is 309. The number of phosphoric ester groups is 1. The summed E-state index contributed by atoms with van der Waals surface area (Å²) in [6.07, 6.45) is 19.4. The van der Waals surface area contributed by atoms with E-state index in [0.717, 1.165) is 25.5 Å². The van der Waals surface area contributed by atoms with Crippen LogP contribution < -0.4 is 0 Å². The van der Waals surface area contributed by atoms with Crippen LogP contribution in [0.4, 0.5) is 0 Å². The van der Waals surface area contributed by atoms with Crippen LogP contribution in [0.5, 0.6) is 0 Å². The van der Waals surface area contributed by atoms with Gasteiger partial charge in [0.05, 0.1) is 6.26 Å². The minimum Gasteiger partial charge on any atom is -0.413 e. The molecule has 0 aromatic rings. The topological polar surface area (TPSA) is 66.8 Å². The highest BCUT2D eigenvalue weighted by molar-refractivity contribution is 7.46. The van der Waals surface area contributed by atoms with Crippen molar-refractivity contribution in [2.75, 3.05) is 0 Å². The molecule has 0 saturated carbocycles. The van der Waals surface area contributed by atoms with Crippen molar-refractivity contribution in [1.82, 2.24) is 0 Å². The van der Waals surface area contributed by atoms with Crippen molar-refractivity contribution < 1.29 is 18.9 Å². The van der Waals surface area contributed by atoms with E-state index in [1.807, 2.05) is 6.08 Å². The lowest BCUT2D eigenvalue weighted by Gasteiger charge is -2.02. The molecular formula is C16H31O4P. The Hall–Kier alpha value is -0.570. The second-order valence-corrected chi connectivity index (χ2v) is 6.56. The second-order valence-electron chi connectivity index (χ2n) is 5.37. The number of hydrogen-bond donors (Lipinski definition) is 2. The Morgan fingerprint density at radius 1 is 0.810 bits per heavy atom. The average molecular weight is 318 g/mol. The predicted molar refractivity (Wildman–Crippen MR) is 87.9 cm³/mol. The molecule has 0 aliphatic carbocycles. The van der Waals surface area contributed by atoms with E-state index in [9.17, 15) is 4.57 Å². The van der Waals surface area contributed by atoms with Gasteiger partial charge in [0.2, 0.25) is 0 Å². The van der Waals surface area contributed by atoms with Crippen molar-refractivity contribution in [3.05, 3.63) is 25.0 Å². The van der Waals surface area contributed by atoms with E-state index >= 15 is 0 Å². The maximum Gasteiger partial charge on any atom is 0.524 e. The molecule has 0 spiro atoms. The predicted octanol–water partition coefficient (Wildman–Crippen LogP) is 5.48. The summed E-state index contributed by atoms with van der Waals surface area (Å²) in [6.45, 7) is 3.72. The normalized spacial score (nSPS) is 11.9. The van der Waals surface area contributed by atoms with Gasteiger partial charge in [-0.2, -0.15) is 0 Å². The van der Waals surface area contributed by atoms with Gasteiger partial charge < -0.3 is 4.52 Å². The standard InChI is InChI=1S/C16H31O4P/c1-2-3-4-5-6-7-8-9-10-11-12-13-14-15-16-20-21(17,18)19/h2,15-16H,1,3-14H2,(H2,17,18,19)/b16-15+. The fraction of sp³-hybridized carbons (Fsp3) is 0.750. The summed E-state index contributed by atoms with van der Waals surface area (Å²) in [4.78, 5) is 16.9. The van der Waals surface area contributed by atoms with Gasteiger partial charge in [-0.15, -0.1) is 6.58 Å². The average Bonchev–Trinajstić information content (AvgIpc) is 2.42. The molecule has 0 rings (SSSR count). The molecule has 0 bridgehead atoms. The van der Waals surface area contributed by atoms with Crippen LogP contribution in [0.15, 0.2) is 25.0 Å². The quantitative estimate of drug-likeness (QED) is 0.182. The Balaban J connectivity index is 3.12. The molecule has 124 valence electrons. The smallest absolute Gasteiger partial charge is 0.413 e. The fourth-order valence-corrected chi connectivity index (χ4v) is 2.40. The number of unbranched alkanes of at least 4 members (excludes halogenated alkanes) is 11. The van der Waals surface area contributed by atoms with E-state index in [1.165, 1.54) is 57.8 Å². The first-order chi connectivity index (χ1) is 10.1. The van der Waals surface area contributed by atoms with E-state index in [-0.39, 0.29) is 0 Å². The zero-order valence-electron chi connectivity index (χ0n) is 13.1. The van der Waals surface area contributed by atoms with Gasteiger partial charge in [0.1, 0.15) is 0 Å². The van der Waals surface area contributed by atoms with Gasteiger partial charge in [-0.1, -0.05) is 57.4 Å². The molecule has 5 heteroatoms. The molecule has 4 nitrogen and oxygen atoms in total. The third-order valence-electron chi connectivity index (χ3n) is 3.32. The molecule has 0 aromatic carbocycles. The van der Waals surface area contributed by atoms with Crippen molar-refractivity contribution in [3.63, 3.8) is 0 Å². The fourth-order valence-electron chi connectivity index (χ4n) is 2.16. The highest BCUT2D eigenvalue weighted by Gasteiger charge is 2.10. The highest BCUT2D eigenvalue weighted by Crippen LogP contribution is 2.35. The lowest BCUT2D eigenvalue weighted by Crippen LogP contribution is -1.82. The summed E-state index contributed by atoms with van der Waals surface area (Å²) in [5.74, 6) is 0. The zero-order valence-corrected chi connectivity index (χ0v) is 14.0. The minimum atomic E-state index is -4.34. The summed E-state index contributed by atoms with van der Waals surface area (Å²) in [5.41, 5.74) is 0. The van der Waals surface area contributed by atoms with Crippen LogP contribution in [0.2, 0.25) is 0 Å². The highest BCUT2D eigenvalue weighted by atomic mass is 31.2. The lowest BCUT2D eigenvalue weighted by atomic mass is 10.1. The van der Waals surface area contributed by atoms with E-state index in [2.05, 4.69) is 11.1 Å².